The Morgan fingerprint density at radius 3 is 2.74 bits per heavy atom. The number of benzene rings is 1. The van der Waals surface area contributed by atoms with Crippen LogP contribution in [0, 0.1) is 19.7 Å². The standard InChI is InChI=1S/C14H17FN2O2/c1-9-12(10(2)19-17-9)8-18-14-4-3-11(5-6-16)7-13(14)15/h3-4,7H,5-6,8,16H2,1-2H3. The lowest BCUT2D eigenvalue weighted by Gasteiger charge is -2.08. The minimum absolute atomic E-state index is 0.223. The summed E-state index contributed by atoms with van der Waals surface area (Å²) in [6, 6.07) is 4.90. The van der Waals surface area contributed by atoms with E-state index in [0.717, 1.165) is 16.8 Å². The second-order valence-electron chi connectivity index (χ2n) is 4.39. The quantitative estimate of drug-likeness (QED) is 0.901. The van der Waals surface area contributed by atoms with Gasteiger partial charge in [-0.25, -0.2) is 4.39 Å². The number of ether oxygens (including phenoxy) is 1. The second-order valence-corrected chi connectivity index (χ2v) is 4.39. The van der Waals surface area contributed by atoms with Crippen molar-refractivity contribution in [2.45, 2.75) is 26.9 Å². The molecular weight excluding hydrogens is 247 g/mol. The normalized spacial score (nSPS) is 10.7. The van der Waals surface area contributed by atoms with E-state index in [-0.39, 0.29) is 18.2 Å². The number of hydrogen-bond acceptors (Lipinski definition) is 4. The van der Waals surface area contributed by atoms with Gasteiger partial charge in [-0.1, -0.05) is 11.2 Å². The Balaban J connectivity index is 2.08. The average molecular weight is 264 g/mol. The van der Waals surface area contributed by atoms with Crippen molar-refractivity contribution in [2.75, 3.05) is 6.54 Å². The second kappa shape index (κ2) is 5.84. The minimum Gasteiger partial charge on any atom is -0.486 e. The molecule has 0 fully saturated rings. The summed E-state index contributed by atoms with van der Waals surface area (Å²) in [4.78, 5) is 0. The molecule has 0 saturated heterocycles. The Bertz CT molecular complexity index is 547. The number of nitrogens with zero attached hydrogens (tertiary/aromatic N) is 1. The van der Waals surface area contributed by atoms with Gasteiger partial charge in [-0.05, 0) is 44.5 Å². The highest BCUT2D eigenvalue weighted by atomic mass is 19.1. The zero-order chi connectivity index (χ0) is 13.8. The Hall–Kier alpha value is -1.88. The van der Waals surface area contributed by atoms with Gasteiger partial charge in [0.25, 0.3) is 0 Å². The van der Waals surface area contributed by atoms with E-state index < -0.39 is 0 Å². The van der Waals surface area contributed by atoms with E-state index >= 15 is 0 Å². The summed E-state index contributed by atoms with van der Waals surface area (Å²) in [6.45, 7) is 4.38. The molecule has 1 aromatic carbocycles. The van der Waals surface area contributed by atoms with Crippen molar-refractivity contribution < 1.29 is 13.7 Å². The molecule has 4 nitrogen and oxygen atoms in total. The van der Waals surface area contributed by atoms with E-state index in [1.54, 1.807) is 13.0 Å². The van der Waals surface area contributed by atoms with Gasteiger partial charge in [0, 0.05) is 0 Å². The monoisotopic (exact) mass is 264 g/mol. The molecule has 19 heavy (non-hydrogen) atoms. The van der Waals surface area contributed by atoms with Gasteiger partial charge in [0.05, 0.1) is 11.3 Å². The van der Waals surface area contributed by atoms with Crippen LogP contribution in [-0.4, -0.2) is 11.7 Å². The highest BCUT2D eigenvalue weighted by Gasteiger charge is 2.11. The summed E-state index contributed by atoms with van der Waals surface area (Å²) in [7, 11) is 0. The first-order valence-corrected chi connectivity index (χ1v) is 6.15. The Kier molecular flexibility index (Phi) is 4.16. The molecule has 5 heteroatoms. The zero-order valence-electron chi connectivity index (χ0n) is 11.1. The van der Waals surface area contributed by atoms with E-state index in [9.17, 15) is 4.39 Å². The number of hydrogen-bond donors (Lipinski definition) is 1. The number of nitrogens with two attached hydrogens (primary N) is 1. The Morgan fingerprint density at radius 2 is 2.16 bits per heavy atom. The van der Waals surface area contributed by atoms with Crippen LogP contribution >= 0.6 is 0 Å². The molecule has 2 N–H and O–H groups in total. The summed E-state index contributed by atoms with van der Waals surface area (Å²) in [5.41, 5.74) is 7.91. The number of halogens is 1. The van der Waals surface area contributed by atoms with Gasteiger partial charge in [-0.15, -0.1) is 0 Å². The lowest BCUT2D eigenvalue weighted by Crippen LogP contribution is -2.04. The molecule has 0 spiro atoms. The van der Waals surface area contributed by atoms with E-state index in [0.29, 0.717) is 18.7 Å². The molecule has 102 valence electrons. The average Bonchev–Trinajstić information content (AvgIpc) is 2.69. The van der Waals surface area contributed by atoms with Gasteiger partial charge >= 0.3 is 0 Å². The summed E-state index contributed by atoms with van der Waals surface area (Å²) in [6.07, 6.45) is 0.654. The SMILES string of the molecule is Cc1noc(C)c1COc1ccc(CCN)cc1F. The van der Waals surface area contributed by atoms with E-state index in [4.69, 9.17) is 15.0 Å². The summed E-state index contributed by atoms with van der Waals surface area (Å²) >= 11 is 0. The van der Waals surface area contributed by atoms with Crippen LogP contribution in [0.4, 0.5) is 4.39 Å². The first-order valence-electron chi connectivity index (χ1n) is 6.15. The topological polar surface area (TPSA) is 61.3 Å². The minimum atomic E-state index is -0.377. The zero-order valence-corrected chi connectivity index (χ0v) is 11.1. The molecule has 0 saturated carbocycles. The van der Waals surface area contributed by atoms with Crippen molar-refractivity contribution in [3.63, 3.8) is 0 Å². The van der Waals surface area contributed by atoms with Crippen molar-refractivity contribution in [3.05, 3.63) is 46.6 Å². The van der Waals surface area contributed by atoms with Crippen LogP contribution in [0.2, 0.25) is 0 Å². The number of aryl methyl sites for hydroxylation is 2. The first-order chi connectivity index (χ1) is 9.11. The van der Waals surface area contributed by atoms with Gasteiger partial charge < -0.3 is 15.0 Å². The fraction of sp³-hybridized carbons (Fsp3) is 0.357. The van der Waals surface area contributed by atoms with E-state index in [2.05, 4.69) is 5.16 Å². The molecular formula is C14H17FN2O2. The third-order valence-corrected chi connectivity index (χ3v) is 2.98. The molecule has 1 aromatic heterocycles. The number of aromatic nitrogens is 1. The van der Waals surface area contributed by atoms with Crippen LogP contribution in [0.3, 0.4) is 0 Å². The molecule has 0 bridgehead atoms. The Labute approximate surface area is 111 Å². The van der Waals surface area contributed by atoms with Crippen LogP contribution in [0.25, 0.3) is 0 Å². The Morgan fingerprint density at radius 1 is 1.37 bits per heavy atom. The van der Waals surface area contributed by atoms with Crippen molar-refractivity contribution in [1.29, 1.82) is 0 Å². The van der Waals surface area contributed by atoms with Crippen LogP contribution in [0.1, 0.15) is 22.6 Å². The van der Waals surface area contributed by atoms with Crippen molar-refractivity contribution >= 4 is 0 Å². The molecule has 0 radical (unpaired) electrons. The third-order valence-electron chi connectivity index (χ3n) is 2.98. The van der Waals surface area contributed by atoms with E-state index in [1.807, 2.05) is 13.0 Å². The van der Waals surface area contributed by atoms with Crippen LogP contribution < -0.4 is 10.5 Å². The summed E-state index contributed by atoms with van der Waals surface area (Å²) < 4.78 is 24.3. The molecule has 1 heterocycles. The fourth-order valence-corrected chi connectivity index (χ4v) is 1.84. The highest BCUT2D eigenvalue weighted by molar-refractivity contribution is 5.30. The summed E-state index contributed by atoms with van der Waals surface area (Å²) in [5, 5.41) is 3.83. The molecule has 2 aromatic rings. The predicted octanol–water partition coefficient (Wildman–Crippen LogP) is 2.51. The predicted molar refractivity (Wildman–Crippen MR) is 69.5 cm³/mol. The molecule has 0 unspecified atom stereocenters. The van der Waals surface area contributed by atoms with Gasteiger partial charge in [0.1, 0.15) is 12.4 Å². The molecule has 0 atom stereocenters. The molecule has 0 aliphatic heterocycles. The van der Waals surface area contributed by atoms with Gasteiger partial charge in [-0.2, -0.15) is 0 Å². The van der Waals surface area contributed by atoms with Gasteiger partial charge in [-0.3, -0.25) is 0 Å². The largest absolute Gasteiger partial charge is 0.486 e. The van der Waals surface area contributed by atoms with Crippen molar-refractivity contribution in [2.24, 2.45) is 5.73 Å². The molecule has 0 aliphatic rings. The van der Waals surface area contributed by atoms with Crippen LogP contribution in [0.5, 0.6) is 5.75 Å². The van der Waals surface area contributed by atoms with Gasteiger partial charge in [0.2, 0.25) is 0 Å². The maximum absolute atomic E-state index is 13.8. The molecule has 2 rings (SSSR count). The highest BCUT2D eigenvalue weighted by Crippen LogP contribution is 2.21. The third kappa shape index (κ3) is 3.12. The lowest BCUT2D eigenvalue weighted by atomic mass is 10.1. The first kappa shape index (κ1) is 13.5. The number of rotatable bonds is 5. The smallest absolute Gasteiger partial charge is 0.165 e. The maximum Gasteiger partial charge on any atom is 0.165 e. The molecule has 0 amide bonds. The molecule has 0 aliphatic carbocycles. The van der Waals surface area contributed by atoms with Crippen molar-refractivity contribution in [3.8, 4) is 5.75 Å². The maximum atomic E-state index is 13.8. The van der Waals surface area contributed by atoms with Gasteiger partial charge in [0.15, 0.2) is 11.6 Å². The van der Waals surface area contributed by atoms with E-state index in [1.165, 1.54) is 6.07 Å². The summed E-state index contributed by atoms with van der Waals surface area (Å²) in [5.74, 6) is 0.538. The lowest BCUT2D eigenvalue weighted by molar-refractivity contribution is 0.286. The van der Waals surface area contributed by atoms with Crippen LogP contribution in [-0.2, 0) is 13.0 Å². The van der Waals surface area contributed by atoms with Crippen LogP contribution in [0.15, 0.2) is 22.7 Å². The van der Waals surface area contributed by atoms with Crippen molar-refractivity contribution in [1.82, 2.24) is 5.16 Å². The fourth-order valence-electron chi connectivity index (χ4n) is 1.84.